The molecule has 1 fully saturated rings. The van der Waals surface area contributed by atoms with Crippen molar-refractivity contribution in [3.05, 3.63) is 59.7 Å². The topological polar surface area (TPSA) is 66.9 Å². The Labute approximate surface area is 192 Å². The molecule has 0 N–H and O–H groups in total. The van der Waals surface area contributed by atoms with Crippen LogP contribution in [0.25, 0.3) is 0 Å². The number of nitrogens with zero attached hydrogens (tertiary/aromatic N) is 2. The number of likely N-dealkylation sites (N-methyl/N-ethyl adjacent to an activating group) is 1. The molecule has 1 heterocycles. The van der Waals surface area contributed by atoms with Gasteiger partial charge in [-0.3, -0.25) is 4.79 Å². The molecule has 0 unspecified atom stereocenters. The van der Waals surface area contributed by atoms with Gasteiger partial charge in [0.15, 0.2) is 0 Å². The lowest BCUT2D eigenvalue weighted by Gasteiger charge is -2.32. The highest BCUT2D eigenvalue weighted by Gasteiger charge is 2.35. The molecule has 10 heteroatoms. The third-order valence-electron chi connectivity index (χ3n) is 5.66. The lowest BCUT2D eigenvalue weighted by atomic mass is 9.97. The van der Waals surface area contributed by atoms with E-state index in [-0.39, 0.29) is 24.9 Å². The summed E-state index contributed by atoms with van der Waals surface area (Å²) in [6.45, 7) is 2.82. The van der Waals surface area contributed by atoms with E-state index in [0.717, 1.165) is 33.8 Å². The Balaban J connectivity index is 1.53. The van der Waals surface area contributed by atoms with E-state index in [0.29, 0.717) is 32.1 Å². The summed E-state index contributed by atoms with van der Waals surface area (Å²) in [5.41, 5.74) is 0.0620. The van der Waals surface area contributed by atoms with Crippen LogP contribution in [0.3, 0.4) is 0 Å². The van der Waals surface area contributed by atoms with Gasteiger partial charge in [0.05, 0.1) is 17.0 Å². The summed E-state index contributed by atoms with van der Waals surface area (Å²) in [6, 6.07) is 11.3. The average Bonchev–Trinajstić information content (AvgIpc) is 2.78. The molecule has 0 aliphatic carbocycles. The largest absolute Gasteiger partial charge is 0.492 e. The van der Waals surface area contributed by atoms with Gasteiger partial charge >= 0.3 is 6.18 Å². The molecule has 6 nitrogen and oxygen atoms in total. The van der Waals surface area contributed by atoms with E-state index in [4.69, 9.17) is 4.74 Å². The van der Waals surface area contributed by atoms with E-state index >= 15 is 0 Å². The third kappa shape index (κ3) is 6.26. The number of benzene rings is 2. The Hall–Kier alpha value is -2.59. The van der Waals surface area contributed by atoms with Crippen LogP contribution in [0.2, 0.25) is 0 Å². The minimum atomic E-state index is -4.63. The number of sulfonamides is 1. The van der Waals surface area contributed by atoms with Gasteiger partial charge in [-0.25, -0.2) is 8.42 Å². The van der Waals surface area contributed by atoms with Crippen molar-refractivity contribution in [2.45, 2.75) is 30.8 Å². The fourth-order valence-electron chi connectivity index (χ4n) is 3.75. The second-order valence-corrected chi connectivity index (χ2v) is 10.1. The Morgan fingerprint density at radius 3 is 2.42 bits per heavy atom. The molecule has 1 amide bonds. The number of piperidine rings is 1. The van der Waals surface area contributed by atoms with Crippen molar-refractivity contribution in [1.82, 2.24) is 9.21 Å². The smallest absolute Gasteiger partial charge is 0.416 e. The Kier molecular flexibility index (Phi) is 7.69. The molecular formula is C23H27F3N2O4S. The van der Waals surface area contributed by atoms with Gasteiger partial charge < -0.3 is 9.64 Å². The normalized spacial score (nSPS) is 15.9. The predicted octanol–water partition coefficient (Wildman–Crippen LogP) is 3.95. The maximum absolute atomic E-state index is 13.0. The van der Waals surface area contributed by atoms with Crippen molar-refractivity contribution < 1.29 is 31.1 Å². The zero-order chi connectivity index (χ0) is 24.2. The number of ether oxygens (including phenoxy) is 1. The first kappa shape index (κ1) is 25.0. The lowest BCUT2D eigenvalue weighted by molar-refractivity contribution is -0.138. The van der Waals surface area contributed by atoms with E-state index in [9.17, 15) is 26.4 Å². The van der Waals surface area contributed by atoms with Gasteiger partial charge in [0.2, 0.25) is 15.9 Å². The summed E-state index contributed by atoms with van der Waals surface area (Å²) in [7, 11) is -2.40. The van der Waals surface area contributed by atoms with Gasteiger partial charge in [0, 0.05) is 26.1 Å². The molecule has 2 aromatic carbocycles. The van der Waals surface area contributed by atoms with E-state index in [1.807, 2.05) is 31.2 Å². The van der Waals surface area contributed by atoms with Crippen molar-refractivity contribution >= 4 is 15.9 Å². The van der Waals surface area contributed by atoms with Crippen molar-refractivity contribution in [3.63, 3.8) is 0 Å². The highest BCUT2D eigenvalue weighted by atomic mass is 32.2. The Morgan fingerprint density at radius 2 is 1.79 bits per heavy atom. The summed E-state index contributed by atoms with van der Waals surface area (Å²) in [4.78, 5) is 13.9. The van der Waals surface area contributed by atoms with Crippen LogP contribution in [0.5, 0.6) is 5.75 Å². The standard InChI is InChI=1S/C23H27F3N2O4S/c1-17-5-3-7-20(15-17)32-14-13-27(2)22(29)18-9-11-28(12-10-18)33(30,31)21-8-4-6-19(16-21)23(24,25)26/h3-8,15-16,18H,9-14H2,1-2H3. The predicted molar refractivity (Wildman–Crippen MR) is 117 cm³/mol. The SMILES string of the molecule is Cc1cccc(OCCN(C)C(=O)C2CCN(S(=O)(=O)c3cccc(C(F)(F)F)c3)CC2)c1. The maximum Gasteiger partial charge on any atom is 0.416 e. The quantitative estimate of drug-likeness (QED) is 0.597. The summed E-state index contributed by atoms with van der Waals surface area (Å²) in [6.07, 6.45) is -4.02. The third-order valence-corrected chi connectivity index (χ3v) is 7.56. The molecule has 0 atom stereocenters. The monoisotopic (exact) mass is 484 g/mol. The van der Waals surface area contributed by atoms with Crippen molar-refractivity contribution in [3.8, 4) is 5.75 Å². The molecule has 1 saturated heterocycles. The molecule has 2 aromatic rings. The van der Waals surface area contributed by atoms with Crippen LogP contribution in [0.15, 0.2) is 53.4 Å². The minimum absolute atomic E-state index is 0.0720. The number of hydrogen-bond donors (Lipinski definition) is 0. The zero-order valence-electron chi connectivity index (χ0n) is 18.5. The maximum atomic E-state index is 13.0. The van der Waals surface area contributed by atoms with E-state index < -0.39 is 26.7 Å². The summed E-state index contributed by atoms with van der Waals surface area (Å²) in [5, 5.41) is 0. The summed E-state index contributed by atoms with van der Waals surface area (Å²) >= 11 is 0. The molecular weight excluding hydrogens is 457 g/mol. The Bertz CT molecular complexity index is 1080. The second-order valence-electron chi connectivity index (χ2n) is 8.13. The Morgan fingerprint density at radius 1 is 1.12 bits per heavy atom. The number of carbonyl (C=O) groups excluding carboxylic acids is 1. The molecule has 0 saturated carbocycles. The van der Waals surface area contributed by atoms with Crippen LogP contribution in [0.1, 0.15) is 24.0 Å². The fourth-order valence-corrected chi connectivity index (χ4v) is 5.27. The zero-order valence-corrected chi connectivity index (χ0v) is 19.3. The second kappa shape index (κ2) is 10.1. The molecule has 3 rings (SSSR count). The number of amides is 1. The molecule has 180 valence electrons. The van der Waals surface area contributed by atoms with Gasteiger partial charge in [0.25, 0.3) is 0 Å². The van der Waals surface area contributed by atoms with Crippen molar-refractivity contribution in [1.29, 1.82) is 0 Å². The van der Waals surface area contributed by atoms with Gasteiger partial charge in [-0.2, -0.15) is 17.5 Å². The fraction of sp³-hybridized carbons (Fsp3) is 0.435. The van der Waals surface area contributed by atoms with Crippen LogP contribution < -0.4 is 4.74 Å². The first-order valence-corrected chi connectivity index (χ1v) is 12.0. The number of halogens is 3. The van der Waals surface area contributed by atoms with Gasteiger partial charge in [-0.05, 0) is 55.7 Å². The van der Waals surface area contributed by atoms with E-state index in [1.165, 1.54) is 0 Å². The number of rotatable bonds is 7. The first-order chi connectivity index (χ1) is 15.5. The molecule has 0 spiro atoms. The van der Waals surface area contributed by atoms with E-state index in [2.05, 4.69) is 0 Å². The molecule has 1 aliphatic rings. The van der Waals surface area contributed by atoms with Gasteiger partial charge in [-0.1, -0.05) is 18.2 Å². The molecule has 0 radical (unpaired) electrons. The number of alkyl halides is 3. The number of aryl methyl sites for hydroxylation is 1. The van der Waals surface area contributed by atoms with E-state index in [1.54, 1.807) is 11.9 Å². The first-order valence-electron chi connectivity index (χ1n) is 10.6. The molecule has 1 aliphatic heterocycles. The summed E-state index contributed by atoms with van der Waals surface area (Å²) in [5.74, 6) is 0.282. The minimum Gasteiger partial charge on any atom is -0.492 e. The highest BCUT2D eigenvalue weighted by molar-refractivity contribution is 7.89. The average molecular weight is 485 g/mol. The van der Waals surface area contributed by atoms with Crippen LogP contribution >= 0.6 is 0 Å². The highest BCUT2D eigenvalue weighted by Crippen LogP contribution is 2.32. The van der Waals surface area contributed by atoms with Crippen molar-refractivity contribution in [2.24, 2.45) is 5.92 Å². The van der Waals surface area contributed by atoms with Gasteiger partial charge in [0.1, 0.15) is 12.4 Å². The van der Waals surface area contributed by atoms with Crippen LogP contribution in [-0.4, -0.2) is 56.8 Å². The van der Waals surface area contributed by atoms with Crippen LogP contribution in [-0.2, 0) is 21.0 Å². The summed E-state index contributed by atoms with van der Waals surface area (Å²) < 4.78 is 71.3. The molecule has 33 heavy (non-hydrogen) atoms. The number of carbonyl (C=O) groups is 1. The van der Waals surface area contributed by atoms with Crippen LogP contribution in [0, 0.1) is 12.8 Å². The van der Waals surface area contributed by atoms with Crippen LogP contribution in [0.4, 0.5) is 13.2 Å². The van der Waals surface area contributed by atoms with Gasteiger partial charge in [-0.15, -0.1) is 0 Å². The molecule has 0 bridgehead atoms. The molecule has 0 aromatic heterocycles. The van der Waals surface area contributed by atoms with Crippen molar-refractivity contribution in [2.75, 3.05) is 33.3 Å². The lowest BCUT2D eigenvalue weighted by Crippen LogP contribution is -2.44. The number of hydrogen-bond acceptors (Lipinski definition) is 4.